The Balaban J connectivity index is 2.14. The lowest BCUT2D eigenvalue weighted by atomic mass is 10.1. The van der Waals surface area contributed by atoms with Crippen LogP contribution in [0.2, 0.25) is 0 Å². The molecule has 1 atom stereocenters. The molecule has 2 aromatic rings. The first-order valence-corrected chi connectivity index (χ1v) is 7.12. The molecule has 0 radical (unpaired) electrons. The summed E-state index contributed by atoms with van der Waals surface area (Å²) in [6.07, 6.45) is 0.949. The smallest absolute Gasteiger partial charge is 0.340 e. The van der Waals surface area contributed by atoms with E-state index in [0.29, 0.717) is 24.5 Å². The summed E-state index contributed by atoms with van der Waals surface area (Å²) in [4.78, 5) is 15.9. The Bertz CT molecular complexity index is 697. The number of aromatic nitrogens is 2. The van der Waals surface area contributed by atoms with Crippen molar-refractivity contribution in [1.29, 1.82) is 0 Å². The summed E-state index contributed by atoms with van der Waals surface area (Å²) in [6, 6.07) is 2.97. The van der Waals surface area contributed by atoms with Gasteiger partial charge in [-0.1, -0.05) is 0 Å². The number of hydrogen-bond acceptors (Lipinski definition) is 4. The maximum absolute atomic E-state index is 14.6. The molecule has 0 amide bonds. The van der Waals surface area contributed by atoms with E-state index in [4.69, 9.17) is 16.3 Å². The van der Waals surface area contributed by atoms with E-state index in [1.54, 1.807) is 10.6 Å². The van der Waals surface area contributed by atoms with Gasteiger partial charge in [-0.2, -0.15) is 0 Å². The molecule has 21 heavy (non-hydrogen) atoms. The lowest BCUT2D eigenvalue weighted by Gasteiger charge is -2.27. The second-order valence-electron chi connectivity index (χ2n) is 4.84. The van der Waals surface area contributed by atoms with Crippen LogP contribution in [-0.4, -0.2) is 35.3 Å². The number of carbonyl (C=O) groups is 1. The molecule has 0 unspecified atom stereocenters. The van der Waals surface area contributed by atoms with Gasteiger partial charge in [-0.15, -0.1) is 11.6 Å². The lowest BCUT2D eigenvalue weighted by molar-refractivity contribution is -0.0589. The molecule has 0 bridgehead atoms. The molecule has 1 saturated heterocycles. The Hall–Kier alpha value is -1.66. The Labute approximate surface area is 125 Å². The number of imidazole rings is 1. The predicted octanol–water partition coefficient (Wildman–Crippen LogP) is 2.49. The SMILES string of the molecule is COC(=O)c1ccc2nc(CCl)n(C[C@@H]3CCO3)c2c1F. The van der Waals surface area contributed by atoms with E-state index in [9.17, 15) is 9.18 Å². The Morgan fingerprint density at radius 3 is 2.95 bits per heavy atom. The normalized spacial score (nSPS) is 17.8. The fourth-order valence-corrected chi connectivity index (χ4v) is 2.63. The van der Waals surface area contributed by atoms with Gasteiger partial charge in [-0.25, -0.2) is 14.2 Å². The minimum Gasteiger partial charge on any atom is -0.465 e. The van der Waals surface area contributed by atoms with Crippen LogP contribution in [0.5, 0.6) is 0 Å². The van der Waals surface area contributed by atoms with Gasteiger partial charge < -0.3 is 14.0 Å². The van der Waals surface area contributed by atoms with Gasteiger partial charge in [0, 0.05) is 6.61 Å². The number of ether oxygens (including phenoxy) is 2. The molecule has 0 saturated carbocycles. The van der Waals surface area contributed by atoms with E-state index in [1.165, 1.54) is 13.2 Å². The predicted molar refractivity (Wildman–Crippen MR) is 74.9 cm³/mol. The Kier molecular flexibility index (Phi) is 3.82. The van der Waals surface area contributed by atoms with Gasteiger partial charge >= 0.3 is 5.97 Å². The molecular formula is C14H14ClFN2O3. The third-order valence-electron chi connectivity index (χ3n) is 3.63. The van der Waals surface area contributed by atoms with Gasteiger partial charge in [0.2, 0.25) is 0 Å². The third kappa shape index (κ3) is 2.38. The molecule has 0 spiro atoms. The average molecular weight is 313 g/mol. The fraction of sp³-hybridized carbons (Fsp3) is 0.429. The highest BCUT2D eigenvalue weighted by atomic mass is 35.5. The van der Waals surface area contributed by atoms with Crippen molar-refractivity contribution < 1.29 is 18.7 Å². The first-order chi connectivity index (χ1) is 10.2. The van der Waals surface area contributed by atoms with Crippen LogP contribution < -0.4 is 0 Å². The van der Waals surface area contributed by atoms with Crippen molar-refractivity contribution in [1.82, 2.24) is 9.55 Å². The summed E-state index contributed by atoms with van der Waals surface area (Å²) < 4.78 is 26.3. The van der Waals surface area contributed by atoms with E-state index >= 15 is 0 Å². The molecule has 1 aromatic heterocycles. The number of hydrogen-bond donors (Lipinski definition) is 0. The second kappa shape index (κ2) is 5.61. The molecular weight excluding hydrogens is 299 g/mol. The van der Waals surface area contributed by atoms with Gasteiger partial charge in [0.1, 0.15) is 11.3 Å². The monoisotopic (exact) mass is 312 g/mol. The molecule has 1 aliphatic heterocycles. The number of fused-ring (bicyclic) bond motifs is 1. The fourth-order valence-electron chi connectivity index (χ4n) is 2.43. The number of alkyl halides is 1. The maximum atomic E-state index is 14.6. The molecule has 3 rings (SSSR count). The molecule has 1 aliphatic rings. The molecule has 5 nitrogen and oxygen atoms in total. The highest BCUT2D eigenvalue weighted by molar-refractivity contribution is 6.16. The van der Waals surface area contributed by atoms with Crippen LogP contribution in [0.15, 0.2) is 12.1 Å². The van der Waals surface area contributed by atoms with Crippen LogP contribution in [0.4, 0.5) is 4.39 Å². The van der Waals surface area contributed by atoms with Crippen LogP contribution in [0.3, 0.4) is 0 Å². The third-order valence-corrected chi connectivity index (χ3v) is 3.87. The topological polar surface area (TPSA) is 53.3 Å². The highest BCUT2D eigenvalue weighted by Crippen LogP contribution is 2.26. The van der Waals surface area contributed by atoms with Crippen LogP contribution in [0.25, 0.3) is 11.0 Å². The first-order valence-electron chi connectivity index (χ1n) is 6.59. The van der Waals surface area contributed by atoms with Crippen molar-refractivity contribution >= 4 is 28.6 Å². The van der Waals surface area contributed by atoms with Crippen molar-refractivity contribution in [3.05, 3.63) is 29.3 Å². The van der Waals surface area contributed by atoms with Gasteiger partial charge in [0.05, 0.1) is 36.7 Å². The van der Waals surface area contributed by atoms with Crippen molar-refractivity contribution in [3.8, 4) is 0 Å². The number of esters is 1. The van der Waals surface area contributed by atoms with Crippen LogP contribution >= 0.6 is 11.6 Å². The van der Waals surface area contributed by atoms with E-state index < -0.39 is 11.8 Å². The highest BCUT2D eigenvalue weighted by Gasteiger charge is 2.25. The second-order valence-corrected chi connectivity index (χ2v) is 5.11. The van der Waals surface area contributed by atoms with E-state index in [2.05, 4.69) is 9.72 Å². The zero-order chi connectivity index (χ0) is 15.0. The molecule has 1 fully saturated rings. The number of rotatable bonds is 4. The zero-order valence-electron chi connectivity index (χ0n) is 11.4. The van der Waals surface area contributed by atoms with Crippen molar-refractivity contribution in [3.63, 3.8) is 0 Å². The van der Waals surface area contributed by atoms with E-state index in [1.807, 2.05) is 0 Å². The number of carbonyl (C=O) groups excluding carboxylic acids is 1. The van der Waals surface area contributed by atoms with Gasteiger partial charge in [-0.3, -0.25) is 0 Å². The molecule has 112 valence electrons. The average Bonchev–Trinajstić information content (AvgIpc) is 2.81. The van der Waals surface area contributed by atoms with Crippen LogP contribution in [0.1, 0.15) is 22.6 Å². The van der Waals surface area contributed by atoms with Crippen molar-refractivity contribution in [2.75, 3.05) is 13.7 Å². The van der Waals surface area contributed by atoms with Gasteiger partial charge in [0.15, 0.2) is 5.82 Å². The number of benzene rings is 1. The molecule has 7 heteroatoms. The van der Waals surface area contributed by atoms with Crippen LogP contribution in [0, 0.1) is 5.82 Å². The summed E-state index contributed by atoms with van der Waals surface area (Å²) in [7, 11) is 1.22. The van der Waals surface area contributed by atoms with Crippen molar-refractivity contribution in [2.24, 2.45) is 0 Å². The zero-order valence-corrected chi connectivity index (χ0v) is 12.2. The summed E-state index contributed by atoms with van der Waals surface area (Å²) in [5.74, 6) is -0.630. The molecule has 1 aromatic carbocycles. The summed E-state index contributed by atoms with van der Waals surface area (Å²) in [6.45, 7) is 1.18. The molecule has 0 N–H and O–H groups in total. The summed E-state index contributed by atoms with van der Waals surface area (Å²) in [5, 5.41) is 0. The maximum Gasteiger partial charge on any atom is 0.340 e. The van der Waals surface area contributed by atoms with Gasteiger partial charge in [0.25, 0.3) is 0 Å². The standard InChI is InChI=1S/C14H14ClFN2O3/c1-20-14(19)9-2-3-10-13(12(9)16)18(11(6-15)17-10)7-8-4-5-21-8/h2-3,8H,4-7H2,1H3/t8-/m0/s1. The minimum atomic E-state index is -0.713. The Morgan fingerprint density at radius 2 is 2.38 bits per heavy atom. The minimum absolute atomic E-state index is 0.0329. The van der Waals surface area contributed by atoms with E-state index in [-0.39, 0.29) is 23.1 Å². The first kappa shape index (κ1) is 14.3. The number of halogens is 2. The quantitative estimate of drug-likeness (QED) is 0.643. The van der Waals surface area contributed by atoms with Gasteiger partial charge in [-0.05, 0) is 18.6 Å². The Morgan fingerprint density at radius 1 is 1.62 bits per heavy atom. The number of nitrogens with zero attached hydrogens (tertiary/aromatic N) is 2. The molecule has 0 aliphatic carbocycles. The van der Waals surface area contributed by atoms with Crippen LogP contribution in [-0.2, 0) is 21.9 Å². The molecule has 2 heterocycles. The number of methoxy groups -OCH3 is 1. The summed E-state index contributed by atoms with van der Waals surface area (Å²) in [5.41, 5.74) is 0.626. The van der Waals surface area contributed by atoms with E-state index in [0.717, 1.165) is 6.42 Å². The summed E-state index contributed by atoms with van der Waals surface area (Å²) >= 11 is 5.89. The lowest BCUT2D eigenvalue weighted by Crippen LogP contribution is -2.31. The van der Waals surface area contributed by atoms with Crippen molar-refractivity contribution in [2.45, 2.75) is 24.9 Å². The largest absolute Gasteiger partial charge is 0.465 e.